The molecule has 90 valence electrons. The Morgan fingerprint density at radius 1 is 1.41 bits per heavy atom. The Labute approximate surface area is 110 Å². The molecule has 1 heterocycles. The highest BCUT2D eigenvalue weighted by atomic mass is 35.5. The molecule has 0 saturated carbocycles. The second kappa shape index (κ2) is 4.67. The van der Waals surface area contributed by atoms with Crippen molar-refractivity contribution in [2.45, 2.75) is 26.8 Å². The molecule has 4 heteroatoms. The highest BCUT2D eigenvalue weighted by Gasteiger charge is 2.17. The van der Waals surface area contributed by atoms with Crippen molar-refractivity contribution in [1.82, 2.24) is 5.32 Å². The molecule has 0 radical (unpaired) electrons. The molecule has 0 bridgehead atoms. The van der Waals surface area contributed by atoms with E-state index in [4.69, 9.17) is 11.6 Å². The molecule has 0 aliphatic carbocycles. The Hall–Kier alpha value is -1.06. The predicted molar refractivity (Wildman–Crippen MR) is 74.2 cm³/mol. The largest absolute Gasteiger partial charge is 0.349 e. The van der Waals surface area contributed by atoms with Crippen LogP contribution in [0.5, 0.6) is 0 Å². The molecule has 0 aliphatic heterocycles. The molecular formula is C13H14ClNOS. The number of nitrogens with one attached hydrogen (secondary N) is 1. The summed E-state index contributed by atoms with van der Waals surface area (Å²) in [7, 11) is 0. The number of hydrogen-bond donors (Lipinski definition) is 1. The maximum Gasteiger partial charge on any atom is 0.263 e. The minimum absolute atomic E-state index is 0.0937. The maximum atomic E-state index is 11.9. The van der Waals surface area contributed by atoms with Crippen LogP contribution in [0.1, 0.15) is 29.1 Å². The topological polar surface area (TPSA) is 29.1 Å². The van der Waals surface area contributed by atoms with E-state index in [-0.39, 0.29) is 11.9 Å². The molecule has 17 heavy (non-hydrogen) atoms. The molecular weight excluding hydrogens is 254 g/mol. The second-order valence-electron chi connectivity index (χ2n) is 4.37. The number of amides is 1. The number of aryl methyl sites for hydroxylation is 1. The molecule has 0 aliphatic rings. The monoisotopic (exact) mass is 267 g/mol. The Kier molecular flexibility index (Phi) is 3.40. The third-order valence-electron chi connectivity index (χ3n) is 2.41. The van der Waals surface area contributed by atoms with Crippen molar-refractivity contribution < 1.29 is 4.79 Å². The van der Waals surface area contributed by atoms with Crippen LogP contribution >= 0.6 is 22.9 Å². The van der Waals surface area contributed by atoms with E-state index < -0.39 is 0 Å². The van der Waals surface area contributed by atoms with Gasteiger partial charge in [-0.15, -0.1) is 11.3 Å². The highest BCUT2D eigenvalue weighted by molar-refractivity contribution is 7.21. The standard InChI is InChI=1S/C13H14ClNOS/c1-7(2)15-13(16)12-11(14)9-5-4-8(3)6-10(9)17-12/h4-7H,1-3H3,(H,15,16). The van der Waals surface area contributed by atoms with Crippen molar-refractivity contribution in [2.75, 3.05) is 0 Å². The average Bonchev–Trinajstić information content (AvgIpc) is 2.54. The molecule has 0 spiro atoms. The number of halogens is 1. The van der Waals surface area contributed by atoms with Crippen molar-refractivity contribution in [3.05, 3.63) is 33.7 Å². The number of fused-ring (bicyclic) bond motifs is 1. The SMILES string of the molecule is Cc1ccc2c(Cl)c(C(=O)NC(C)C)sc2c1. The van der Waals surface area contributed by atoms with Crippen molar-refractivity contribution in [2.24, 2.45) is 0 Å². The van der Waals surface area contributed by atoms with Crippen molar-refractivity contribution in [3.63, 3.8) is 0 Å². The van der Waals surface area contributed by atoms with Crippen molar-refractivity contribution in [1.29, 1.82) is 0 Å². The normalized spacial score (nSPS) is 11.1. The van der Waals surface area contributed by atoms with Gasteiger partial charge in [-0.2, -0.15) is 0 Å². The number of carbonyl (C=O) groups is 1. The van der Waals surface area contributed by atoms with Gasteiger partial charge in [0.25, 0.3) is 5.91 Å². The lowest BCUT2D eigenvalue weighted by Gasteiger charge is -2.06. The minimum atomic E-state index is -0.0937. The first kappa shape index (κ1) is 12.4. The van der Waals surface area contributed by atoms with E-state index in [0.29, 0.717) is 9.90 Å². The van der Waals surface area contributed by atoms with Crippen LogP contribution < -0.4 is 5.32 Å². The summed E-state index contributed by atoms with van der Waals surface area (Å²) in [4.78, 5) is 12.5. The fraction of sp³-hybridized carbons (Fsp3) is 0.308. The van der Waals surface area contributed by atoms with Crippen LogP contribution in [-0.4, -0.2) is 11.9 Å². The lowest BCUT2D eigenvalue weighted by atomic mass is 10.2. The summed E-state index contributed by atoms with van der Waals surface area (Å²) in [6.07, 6.45) is 0. The van der Waals surface area contributed by atoms with Gasteiger partial charge in [-0.1, -0.05) is 23.7 Å². The minimum Gasteiger partial charge on any atom is -0.349 e. The number of rotatable bonds is 2. The molecule has 2 rings (SSSR count). The zero-order valence-corrected chi connectivity index (χ0v) is 11.6. The molecule has 0 atom stereocenters. The van der Waals surface area contributed by atoms with Gasteiger partial charge in [0.05, 0.1) is 5.02 Å². The van der Waals surface area contributed by atoms with Crippen LogP contribution in [0.4, 0.5) is 0 Å². The quantitative estimate of drug-likeness (QED) is 0.875. The fourth-order valence-corrected chi connectivity index (χ4v) is 3.16. The lowest BCUT2D eigenvalue weighted by molar-refractivity contribution is 0.0947. The van der Waals surface area contributed by atoms with Gasteiger partial charge in [-0.05, 0) is 32.4 Å². The van der Waals surface area contributed by atoms with E-state index in [1.54, 1.807) is 0 Å². The molecule has 1 amide bonds. The summed E-state index contributed by atoms with van der Waals surface area (Å²) in [5, 5.41) is 4.38. The molecule has 0 saturated heterocycles. The van der Waals surface area contributed by atoms with Crippen LogP contribution in [0.3, 0.4) is 0 Å². The smallest absolute Gasteiger partial charge is 0.263 e. The number of thiophene rings is 1. The van der Waals surface area contributed by atoms with Gasteiger partial charge in [-0.3, -0.25) is 4.79 Å². The van der Waals surface area contributed by atoms with Crippen LogP contribution in [0.15, 0.2) is 18.2 Å². The predicted octanol–water partition coefficient (Wildman–Crippen LogP) is 4.00. The molecule has 1 aromatic heterocycles. The molecule has 2 aromatic rings. The van der Waals surface area contributed by atoms with E-state index in [2.05, 4.69) is 11.4 Å². The molecule has 0 fully saturated rings. The van der Waals surface area contributed by atoms with Crippen molar-refractivity contribution >= 4 is 38.9 Å². The van der Waals surface area contributed by atoms with Crippen LogP contribution in [0.2, 0.25) is 5.02 Å². The molecule has 2 nitrogen and oxygen atoms in total. The second-order valence-corrected chi connectivity index (χ2v) is 5.80. The molecule has 1 N–H and O–H groups in total. The number of benzene rings is 1. The highest BCUT2D eigenvalue weighted by Crippen LogP contribution is 2.35. The zero-order chi connectivity index (χ0) is 12.6. The number of carbonyl (C=O) groups excluding carboxylic acids is 1. The van der Waals surface area contributed by atoms with Gasteiger partial charge in [0.1, 0.15) is 4.88 Å². The van der Waals surface area contributed by atoms with Gasteiger partial charge < -0.3 is 5.32 Å². The van der Waals surface area contributed by atoms with E-state index in [9.17, 15) is 4.79 Å². The first-order valence-corrected chi connectivity index (χ1v) is 6.68. The van der Waals surface area contributed by atoms with Gasteiger partial charge in [-0.25, -0.2) is 0 Å². The van der Waals surface area contributed by atoms with Gasteiger partial charge >= 0.3 is 0 Å². The van der Waals surface area contributed by atoms with E-state index in [1.165, 1.54) is 16.9 Å². The van der Waals surface area contributed by atoms with E-state index in [0.717, 1.165) is 10.1 Å². The Bertz CT molecular complexity index is 574. The zero-order valence-electron chi connectivity index (χ0n) is 10.0. The Morgan fingerprint density at radius 2 is 2.12 bits per heavy atom. The maximum absolute atomic E-state index is 11.9. The van der Waals surface area contributed by atoms with Crippen LogP contribution in [-0.2, 0) is 0 Å². The first-order valence-electron chi connectivity index (χ1n) is 5.48. The summed E-state index contributed by atoms with van der Waals surface area (Å²) in [5.74, 6) is -0.0937. The summed E-state index contributed by atoms with van der Waals surface area (Å²) < 4.78 is 1.06. The van der Waals surface area contributed by atoms with E-state index in [1.807, 2.05) is 32.9 Å². The summed E-state index contributed by atoms with van der Waals surface area (Å²) >= 11 is 7.68. The molecule has 1 aromatic carbocycles. The lowest BCUT2D eigenvalue weighted by Crippen LogP contribution is -2.29. The van der Waals surface area contributed by atoms with Gasteiger partial charge in [0, 0.05) is 16.1 Å². The first-order chi connectivity index (χ1) is 7.99. The summed E-state index contributed by atoms with van der Waals surface area (Å²) in [6.45, 7) is 5.90. The molecule has 0 unspecified atom stereocenters. The average molecular weight is 268 g/mol. The van der Waals surface area contributed by atoms with Crippen LogP contribution in [0.25, 0.3) is 10.1 Å². The fourth-order valence-electron chi connectivity index (χ4n) is 1.65. The third kappa shape index (κ3) is 2.45. The number of hydrogen-bond acceptors (Lipinski definition) is 2. The summed E-state index contributed by atoms with van der Waals surface area (Å²) in [5.41, 5.74) is 1.17. The van der Waals surface area contributed by atoms with Gasteiger partial charge in [0.15, 0.2) is 0 Å². The van der Waals surface area contributed by atoms with Crippen molar-refractivity contribution in [3.8, 4) is 0 Å². The Balaban J connectivity index is 2.48. The van der Waals surface area contributed by atoms with Gasteiger partial charge in [0.2, 0.25) is 0 Å². The third-order valence-corrected chi connectivity index (χ3v) is 4.07. The Morgan fingerprint density at radius 3 is 2.76 bits per heavy atom. The van der Waals surface area contributed by atoms with E-state index >= 15 is 0 Å². The summed E-state index contributed by atoms with van der Waals surface area (Å²) in [6, 6.07) is 6.14. The van der Waals surface area contributed by atoms with Crippen LogP contribution in [0, 0.1) is 6.92 Å².